The summed E-state index contributed by atoms with van der Waals surface area (Å²) < 4.78 is 0. The number of aliphatic hydroxyl groups excluding tert-OH is 2. The maximum atomic E-state index is 9.81. The Morgan fingerprint density at radius 3 is 2.68 bits per heavy atom. The summed E-state index contributed by atoms with van der Waals surface area (Å²) in [7, 11) is 1.97. The van der Waals surface area contributed by atoms with Crippen molar-refractivity contribution in [2.45, 2.75) is 32.0 Å². The Morgan fingerprint density at radius 2 is 2.16 bits per heavy atom. The molecule has 4 heteroatoms. The third-order valence-electron chi connectivity index (χ3n) is 3.76. The zero-order valence-corrected chi connectivity index (χ0v) is 11.4. The fraction of sp³-hybridized carbons (Fsp3) is 0.533. The van der Waals surface area contributed by atoms with E-state index in [-0.39, 0.29) is 6.10 Å². The fourth-order valence-electron chi connectivity index (χ4n) is 2.63. The highest BCUT2D eigenvalue weighted by atomic mass is 16.3. The summed E-state index contributed by atoms with van der Waals surface area (Å²) in [4.78, 5) is 2.07. The van der Waals surface area contributed by atoms with Crippen LogP contribution in [0.5, 0.6) is 0 Å². The molecule has 0 heterocycles. The zero-order chi connectivity index (χ0) is 14.0. The first-order valence-electron chi connectivity index (χ1n) is 6.62. The topological polar surface area (TPSA) is 67.5 Å². The molecular formula is C15H20N2O2. The van der Waals surface area contributed by atoms with E-state index in [4.69, 9.17) is 5.26 Å². The van der Waals surface area contributed by atoms with Crippen LogP contribution in [0.25, 0.3) is 0 Å². The second-order valence-electron chi connectivity index (χ2n) is 5.43. The molecular weight excluding hydrogens is 240 g/mol. The van der Waals surface area contributed by atoms with Crippen LogP contribution in [0.3, 0.4) is 0 Å². The summed E-state index contributed by atoms with van der Waals surface area (Å²) in [5.41, 5.74) is 2.33. The Balaban J connectivity index is 2.18. The predicted molar refractivity (Wildman–Crippen MR) is 73.8 cm³/mol. The molecule has 19 heavy (non-hydrogen) atoms. The van der Waals surface area contributed by atoms with E-state index in [2.05, 4.69) is 11.0 Å². The third-order valence-corrected chi connectivity index (χ3v) is 3.76. The minimum absolute atomic E-state index is 0.153. The van der Waals surface area contributed by atoms with Crippen molar-refractivity contribution in [3.05, 3.63) is 29.3 Å². The van der Waals surface area contributed by atoms with Crippen molar-refractivity contribution in [3.63, 3.8) is 0 Å². The van der Waals surface area contributed by atoms with E-state index < -0.39 is 6.10 Å². The number of hydrogen-bond donors (Lipinski definition) is 2. The number of nitriles is 1. The SMILES string of the molecule is CC(O)c1ccc(C#N)cc1N(C)CC1CC(O)C1. The van der Waals surface area contributed by atoms with Gasteiger partial charge in [0.2, 0.25) is 0 Å². The van der Waals surface area contributed by atoms with E-state index in [1.807, 2.05) is 19.2 Å². The van der Waals surface area contributed by atoms with Crippen LogP contribution < -0.4 is 4.90 Å². The highest BCUT2D eigenvalue weighted by molar-refractivity contribution is 5.58. The van der Waals surface area contributed by atoms with Crippen LogP contribution in [0, 0.1) is 17.2 Å². The minimum Gasteiger partial charge on any atom is -0.393 e. The van der Waals surface area contributed by atoms with Gasteiger partial charge in [-0.2, -0.15) is 5.26 Å². The van der Waals surface area contributed by atoms with Crippen molar-refractivity contribution in [3.8, 4) is 6.07 Å². The van der Waals surface area contributed by atoms with E-state index in [9.17, 15) is 10.2 Å². The number of anilines is 1. The molecule has 4 nitrogen and oxygen atoms in total. The van der Waals surface area contributed by atoms with Gasteiger partial charge in [-0.3, -0.25) is 0 Å². The molecule has 0 aliphatic heterocycles. The lowest BCUT2D eigenvalue weighted by Crippen LogP contribution is -2.37. The van der Waals surface area contributed by atoms with Gasteiger partial charge in [-0.1, -0.05) is 6.07 Å². The van der Waals surface area contributed by atoms with Gasteiger partial charge >= 0.3 is 0 Å². The molecule has 2 rings (SSSR count). The molecule has 1 aliphatic carbocycles. The highest BCUT2D eigenvalue weighted by Gasteiger charge is 2.28. The van der Waals surface area contributed by atoms with Crippen LogP contribution in [-0.4, -0.2) is 29.9 Å². The summed E-state index contributed by atoms with van der Waals surface area (Å²) in [5, 5.41) is 28.1. The van der Waals surface area contributed by atoms with Crippen LogP contribution in [-0.2, 0) is 0 Å². The van der Waals surface area contributed by atoms with Crippen LogP contribution in [0.2, 0.25) is 0 Å². The Morgan fingerprint density at radius 1 is 1.47 bits per heavy atom. The first-order chi connectivity index (χ1) is 9.01. The smallest absolute Gasteiger partial charge is 0.0992 e. The van der Waals surface area contributed by atoms with Gasteiger partial charge in [0, 0.05) is 24.8 Å². The van der Waals surface area contributed by atoms with E-state index >= 15 is 0 Å². The highest BCUT2D eigenvalue weighted by Crippen LogP contribution is 2.32. The maximum absolute atomic E-state index is 9.81. The molecule has 1 aromatic rings. The lowest BCUT2D eigenvalue weighted by atomic mass is 9.82. The normalized spacial score (nSPS) is 23.3. The average molecular weight is 260 g/mol. The standard InChI is InChI=1S/C15H20N2O2/c1-10(18)14-4-3-11(8-16)7-15(14)17(2)9-12-5-13(19)6-12/h3-4,7,10,12-13,18-19H,5-6,9H2,1-2H3. The monoisotopic (exact) mass is 260 g/mol. The van der Waals surface area contributed by atoms with E-state index in [1.54, 1.807) is 13.0 Å². The van der Waals surface area contributed by atoms with Gasteiger partial charge in [0.25, 0.3) is 0 Å². The van der Waals surface area contributed by atoms with Gasteiger partial charge in [0.1, 0.15) is 0 Å². The molecule has 1 fully saturated rings. The number of hydrogen-bond acceptors (Lipinski definition) is 4. The molecule has 1 saturated carbocycles. The van der Waals surface area contributed by atoms with Gasteiger partial charge in [0.05, 0.1) is 23.8 Å². The van der Waals surface area contributed by atoms with Crippen LogP contribution in [0.1, 0.15) is 37.0 Å². The Labute approximate surface area is 113 Å². The zero-order valence-electron chi connectivity index (χ0n) is 11.4. The fourth-order valence-corrected chi connectivity index (χ4v) is 2.63. The maximum Gasteiger partial charge on any atom is 0.0992 e. The van der Waals surface area contributed by atoms with Crippen molar-refractivity contribution in [2.24, 2.45) is 5.92 Å². The lowest BCUT2D eigenvalue weighted by Gasteiger charge is -2.36. The molecule has 102 valence electrons. The van der Waals surface area contributed by atoms with Crippen LogP contribution >= 0.6 is 0 Å². The largest absolute Gasteiger partial charge is 0.393 e. The van der Waals surface area contributed by atoms with E-state index in [0.717, 1.165) is 30.6 Å². The number of nitrogens with zero attached hydrogens (tertiary/aromatic N) is 2. The van der Waals surface area contributed by atoms with Crippen LogP contribution in [0.4, 0.5) is 5.69 Å². The molecule has 1 aliphatic rings. The summed E-state index contributed by atoms with van der Waals surface area (Å²) >= 11 is 0. The molecule has 0 amide bonds. The van der Waals surface area contributed by atoms with Crippen molar-refractivity contribution < 1.29 is 10.2 Å². The lowest BCUT2D eigenvalue weighted by molar-refractivity contribution is 0.0464. The molecule has 0 aromatic heterocycles. The molecule has 1 aromatic carbocycles. The molecule has 0 spiro atoms. The Kier molecular flexibility index (Phi) is 4.08. The molecule has 0 radical (unpaired) electrons. The summed E-state index contributed by atoms with van der Waals surface area (Å²) in [6, 6.07) is 7.48. The van der Waals surface area contributed by atoms with Gasteiger partial charge in [0.15, 0.2) is 0 Å². The molecule has 0 saturated heterocycles. The Hall–Kier alpha value is -1.57. The van der Waals surface area contributed by atoms with Crippen molar-refractivity contribution >= 4 is 5.69 Å². The van der Waals surface area contributed by atoms with E-state index in [1.165, 1.54) is 0 Å². The van der Waals surface area contributed by atoms with Gasteiger partial charge in [-0.15, -0.1) is 0 Å². The van der Waals surface area contributed by atoms with Crippen molar-refractivity contribution in [1.29, 1.82) is 5.26 Å². The molecule has 0 bridgehead atoms. The quantitative estimate of drug-likeness (QED) is 0.866. The first-order valence-corrected chi connectivity index (χ1v) is 6.62. The van der Waals surface area contributed by atoms with Gasteiger partial charge in [-0.25, -0.2) is 0 Å². The Bertz CT molecular complexity index is 487. The van der Waals surface area contributed by atoms with E-state index in [0.29, 0.717) is 11.5 Å². The third kappa shape index (κ3) is 3.06. The summed E-state index contributed by atoms with van der Waals surface area (Å²) in [6.07, 6.45) is 0.968. The molecule has 1 unspecified atom stereocenters. The number of rotatable bonds is 4. The van der Waals surface area contributed by atoms with Gasteiger partial charge in [-0.05, 0) is 37.8 Å². The average Bonchev–Trinajstić information content (AvgIpc) is 2.35. The predicted octanol–water partition coefficient (Wildman–Crippen LogP) is 1.82. The second kappa shape index (κ2) is 5.60. The summed E-state index contributed by atoms with van der Waals surface area (Å²) in [5.74, 6) is 0.493. The van der Waals surface area contributed by atoms with Crippen molar-refractivity contribution in [2.75, 3.05) is 18.5 Å². The minimum atomic E-state index is -0.558. The first kappa shape index (κ1) is 13.9. The molecule has 1 atom stereocenters. The van der Waals surface area contributed by atoms with Crippen LogP contribution in [0.15, 0.2) is 18.2 Å². The van der Waals surface area contributed by atoms with Crippen molar-refractivity contribution in [1.82, 2.24) is 0 Å². The van der Waals surface area contributed by atoms with Gasteiger partial charge < -0.3 is 15.1 Å². The molecule has 2 N–H and O–H groups in total. The number of benzene rings is 1. The number of aliphatic hydroxyl groups is 2. The second-order valence-corrected chi connectivity index (χ2v) is 5.43. The summed E-state index contributed by atoms with van der Waals surface area (Å²) in [6.45, 7) is 2.57.